The van der Waals surface area contributed by atoms with Gasteiger partial charge >= 0.3 is 13.8 Å². The number of unbranched alkanes of at least 4 members (excludes halogenated alkanes) is 30. The van der Waals surface area contributed by atoms with Gasteiger partial charge < -0.3 is 19.4 Å². The Bertz CT molecular complexity index is 1610. The van der Waals surface area contributed by atoms with Crippen molar-refractivity contribution in [3.63, 3.8) is 0 Å². The van der Waals surface area contributed by atoms with E-state index in [4.69, 9.17) is 13.8 Å². The maximum Gasteiger partial charge on any atom is 0.472 e. The summed E-state index contributed by atoms with van der Waals surface area (Å²) in [6.07, 6.45) is 75.8. The smallest absolute Gasteiger partial charge is 0.456 e. The van der Waals surface area contributed by atoms with Crippen LogP contribution in [0.4, 0.5) is 0 Å². The molecule has 0 heterocycles. The van der Waals surface area contributed by atoms with Gasteiger partial charge in [0.05, 0.1) is 33.8 Å². The molecule has 3 unspecified atom stereocenters. The van der Waals surface area contributed by atoms with Crippen molar-refractivity contribution in [1.29, 1.82) is 0 Å². The Balaban J connectivity index is 5.28. The first-order valence-corrected chi connectivity index (χ1v) is 33.9. The summed E-state index contributed by atoms with van der Waals surface area (Å²) in [4.78, 5) is 37.8. The number of phosphoric acid groups is 1. The van der Waals surface area contributed by atoms with Crippen LogP contribution < -0.4 is 5.32 Å². The van der Waals surface area contributed by atoms with Gasteiger partial charge in [-0.2, -0.15) is 0 Å². The van der Waals surface area contributed by atoms with Crippen molar-refractivity contribution in [2.75, 3.05) is 40.9 Å². The van der Waals surface area contributed by atoms with Crippen molar-refractivity contribution in [3.05, 3.63) is 85.1 Å². The molecule has 1 amide bonds. The maximum absolute atomic E-state index is 13.6. The quantitative estimate of drug-likeness (QED) is 0.0205. The molecule has 10 heteroatoms. The minimum absolute atomic E-state index is 0.0340. The van der Waals surface area contributed by atoms with E-state index >= 15 is 0 Å². The van der Waals surface area contributed by atoms with Gasteiger partial charge in [-0.05, 0) is 83.1 Å². The van der Waals surface area contributed by atoms with Crippen LogP contribution >= 0.6 is 7.82 Å². The van der Waals surface area contributed by atoms with Gasteiger partial charge in [-0.15, -0.1) is 0 Å². The summed E-state index contributed by atoms with van der Waals surface area (Å²) in [5.41, 5.74) is 0. The van der Waals surface area contributed by atoms with Crippen molar-refractivity contribution in [3.8, 4) is 0 Å². The zero-order chi connectivity index (χ0) is 57.2. The van der Waals surface area contributed by atoms with Gasteiger partial charge in [0, 0.05) is 12.8 Å². The third-order valence-electron chi connectivity index (χ3n) is 14.1. The Morgan fingerprint density at radius 2 is 0.821 bits per heavy atom. The van der Waals surface area contributed by atoms with E-state index in [0.717, 1.165) is 103 Å². The number of amides is 1. The predicted octanol–water partition coefficient (Wildman–Crippen LogP) is 20.2. The highest BCUT2D eigenvalue weighted by Crippen LogP contribution is 2.43. The van der Waals surface area contributed by atoms with Crippen LogP contribution in [0.15, 0.2) is 85.1 Å². The van der Waals surface area contributed by atoms with Crippen molar-refractivity contribution >= 4 is 19.7 Å². The number of esters is 1. The molecule has 0 saturated carbocycles. The monoisotopic (exact) mass is 1110 g/mol. The Morgan fingerprint density at radius 1 is 0.462 bits per heavy atom. The number of phosphoric ester groups is 1. The van der Waals surface area contributed by atoms with Crippen molar-refractivity contribution in [2.24, 2.45) is 0 Å². The molecule has 78 heavy (non-hydrogen) atoms. The molecule has 0 aromatic carbocycles. The maximum atomic E-state index is 13.6. The van der Waals surface area contributed by atoms with Gasteiger partial charge in [0.2, 0.25) is 5.91 Å². The minimum atomic E-state index is -4.46. The second-order valence-electron chi connectivity index (χ2n) is 22.9. The SMILES string of the molecule is CC/C=C\C/C=C\C/C=C\C/C=C\C/C=C\C/C=C\CCCCCCC(=O)OC(/C=C/CCCCCCCCCCCCC)C(COP(=O)(O)OCC[N+](C)(C)C)NC(=O)CCCCCCCCCCCCCCCCCC. The van der Waals surface area contributed by atoms with Gasteiger partial charge in [-0.3, -0.25) is 18.6 Å². The van der Waals surface area contributed by atoms with Crippen molar-refractivity contribution < 1.29 is 37.3 Å². The Hall–Kier alpha value is -2.81. The van der Waals surface area contributed by atoms with Crippen LogP contribution in [-0.2, 0) is 27.9 Å². The van der Waals surface area contributed by atoms with Crippen LogP contribution in [-0.4, -0.2) is 74.3 Å². The molecule has 0 aliphatic heterocycles. The highest BCUT2D eigenvalue weighted by Gasteiger charge is 2.30. The normalized spacial score (nSPS) is 14.2. The number of hydrogen-bond donors (Lipinski definition) is 2. The highest BCUT2D eigenvalue weighted by atomic mass is 31.2. The summed E-state index contributed by atoms with van der Waals surface area (Å²) in [6.45, 7) is 6.90. The Kier molecular flexibility index (Phi) is 55.4. The molecule has 0 bridgehead atoms. The van der Waals surface area contributed by atoms with Gasteiger partial charge in [-0.1, -0.05) is 273 Å². The third kappa shape index (κ3) is 57.9. The number of carbonyl (C=O) groups is 2. The lowest BCUT2D eigenvalue weighted by Gasteiger charge is -2.27. The summed E-state index contributed by atoms with van der Waals surface area (Å²) in [6, 6.07) is -0.861. The van der Waals surface area contributed by atoms with Gasteiger partial charge in [-0.25, -0.2) is 4.57 Å². The van der Waals surface area contributed by atoms with Crippen LogP contribution in [0, 0.1) is 0 Å². The van der Waals surface area contributed by atoms with E-state index in [9.17, 15) is 19.0 Å². The van der Waals surface area contributed by atoms with Crippen molar-refractivity contribution in [2.45, 2.75) is 296 Å². The standard InChI is InChI=1S/C68H123N2O7P/c1-7-10-13-16-19-22-25-28-30-32-33-34-35-36-37-38-40-43-46-49-52-55-58-61-68(72)77-66(59-56-53-50-47-44-41-27-24-21-18-15-12-9-3)65(64-76-78(73,74)75-63-62-70(4,5)6)69-67(71)60-57-54-51-48-45-42-39-31-29-26-23-20-17-14-11-8-2/h10,13,19,22,28,30,33-34,36-37,40,43,56,59,65-66H,7-9,11-12,14-18,20-21,23-27,29,31-32,35,38-39,41-42,44-55,57-58,60-64H2,1-6H3,(H-,69,71,73,74)/p+1/b13-10-,22-19-,30-28-,34-33-,37-36-,43-40-,59-56+. The second kappa shape index (κ2) is 57.4. The molecular formula is C68H124N2O7P+. The van der Waals surface area contributed by atoms with E-state index in [-0.39, 0.29) is 31.5 Å². The molecule has 0 aromatic rings. The molecule has 0 rings (SSSR count). The van der Waals surface area contributed by atoms with Crippen molar-refractivity contribution in [1.82, 2.24) is 5.32 Å². The van der Waals surface area contributed by atoms with Crippen LogP contribution in [0.5, 0.6) is 0 Å². The molecule has 9 nitrogen and oxygen atoms in total. The molecule has 0 radical (unpaired) electrons. The first kappa shape index (κ1) is 75.2. The fourth-order valence-electron chi connectivity index (χ4n) is 9.12. The molecule has 0 aliphatic rings. The van der Waals surface area contributed by atoms with Gasteiger partial charge in [0.1, 0.15) is 19.3 Å². The van der Waals surface area contributed by atoms with E-state index in [2.05, 4.69) is 99.0 Å². The molecule has 0 aromatic heterocycles. The number of quaternary nitrogens is 1. The molecule has 0 aliphatic carbocycles. The van der Waals surface area contributed by atoms with Gasteiger partial charge in [0.25, 0.3) is 0 Å². The average molecular weight is 1110 g/mol. The summed E-state index contributed by atoms with van der Waals surface area (Å²) >= 11 is 0. The van der Waals surface area contributed by atoms with Crippen LogP contribution in [0.2, 0.25) is 0 Å². The zero-order valence-corrected chi connectivity index (χ0v) is 52.5. The largest absolute Gasteiger partial charge is 0.472 e. The summed E-state index contributed by atoms with van der Waals surface area (Å²) < 4.78 is 30.7. The third-order valence-corrected chi connectivity index (χ3v) is 15.1. The molecule has 2 N–H and O–H groups in total. The molecule has 0 saturated heterocycles. The fraction of sp³-hybridized carbons (Fsp3) is 0.765. The highest BCUT2D eigenvalue weighted by molar-refractivity contribution is 7.47. The molecular weight excluding hydrogens is 988 g/mol. The second-order valence-corrected chi connectivity index (χ2v) is 24.4. The number of allylic oxidation sites excluding steroid dienone is 13. The average Bonchev–Trinajstić information content (AvgIpc) is 3.40. The Morgan fingerprint density at radius 3 is 1.23 bits per heavy atom. The molecule has 452 valence electrons. The lowest BCUT2D eigenvalue weighted by molar-refractivity contribution is -0.870. The lowest BCUT2D eigenvalue weighted by Crippen LogP contribution is -2.47. The molecule has 0 fully saturated rings. The topological polar surface area (TPSA) is 111 Å². The van der Waals surface area contributed by atoms with Gasteiger partial charge in [0.15, 0.2) is 0 Å². The summed E-state index contributed by atoms with van der Waals surface area (Å²) in [5.74, 6) is -0.529. The number of carbonyl (C=O) groups excluding carboxylic acids is 2. The summed E-state index contributed by atoms with van der Waals surface area (Å²) in [5, 5.41) is 3.06. The minimum Gasteiger partial charge on any atom is -0.456 e. The predicted molar refractivity (Wildman–Crippen MR) is 337 cm³/mol. The number of hydrogen-bond acceptors (Lipinski definition) is 6. The van der Waals surface area contributed by atoms with Crippen LogP contribution in [0.1, 0.15) is 284 Å². The van der Waals surface area contributed by atoms with E-state index in [1.54, 1.807) is 0 Å². The summed E-state index contributed by atoms with van der Waals surface area (Å²) in [7, 11) is 1.48. The van der Waals surface area contributed by atoms with E-state index in [1.807, 2.05) is 33.3 Å². The van der Waals surface area contributed by atoms with E-state index in [1.165, 1.54) is 141 Å². The van der Waals surface area contributed by atoms with Crippen LogP contribution in [0.3, 0.4) is 0 Å². The molecule has 3 atom stereocenters. The Labute approximate surface area is 482 Å². The number of nitrogens with zero attached hydrogens (tertiary/aromatic N) is 1. The lowest BCUT2D eigenvalue weighted by atomic mass is 10.0. The number of rotatable bonds is 58. The fourth-order valence-corrected chi connectivity index (χ4v) is 9.86. The van der Waals surface area contributed by atoms with E-state index < -0.39 is 20.0 Å². The number of nitrogens with one attached hydrogen (secondary N) is 1. The zero-order valence-electron chi connectivity index (χ0n) is 51.6. The van der Waals surface area contributed by atoms with Crippen LogP contribution in [0.25, 0.3) is 0 Å². The first-order chi connectivity index (χ1) is 37.9. The number of ether oxygens (including phenoxy) is 1. The number of likely N-dealkylation sites (N-methyl/N-ethyl adjacent to an activating group) is 1. The molecule has 0 spiro atoms. The first-order valence-electron chi connectivity index (χ1n) is 32.4. The van der Waals surface area contributed by atoms with E-state index in [0.29, 0.717) is 23.9 Å².